The second-order valence-electron chi connectivity index (χ2n) is 12.8. The molecule has 2 aliphatic rings. The minimum absolute atomic E-state index is 0.0237. The van der Waals surface area contributed by atoms with Crippen LogP contribution in [-0.2, 0) is 20.9 Å². The van der Waals surface area contributed by atoms with E-state index in [2.05, 4.69) is 15.2 Å². The number of morpholine rings is 1. The molecule has 1 unspecified atom stereocenters. The van der Waals surface area contributed by atoms with Gasteiger partial charge in [0.05, 0.1) is 29.6 Å². The van der Waals surface area contributed by atoms with Gasteiger partial charge >= 0.3 is 4.87 Å². The fourth-order valence-electron chi connectivity index (χ4n) is 6.59. The van der Waals surface area contributed by atoms with Gasteiger partial charge in [-0.05, 0) is 50.4 Å². The van der Waals surface area contributed by atoms with E-state index in [0.29, 0.717) is 48.6 Å². The van der Waals surface area contributed by atoms with Crippen molar-refractivity contribution in [2.75, 3.05) is 59.0 Å². The van der Waals surface area contributed by atoms with Crippen LogP contribution >= 0.6 is 11.3 Å². The molecular weight excluding hydrogens is 604 g/mol. The summed E-state index contributed by atoms with van der Waals surface area (Å²) in [5.41, 5.74) is 1.93. The van der Waals surface area contributed by atoms with Gasteiger partial charge in [-0.3, -0.25) is 9.59 Å². The molecule has 0 bridgehead atoms. The third-order valence-electron chi connectivity index (χ3n) is 9.32. The largest absolute Gasteiger partial charge is 0.506 e. The first-order valence-corrected chi connectivity index (χ1v) is 17.7. The molecule has 5 rings (SSSR count). The van der Waals surface area contributed by atoms with E-state index in [1.165, 1.54) is 44.6 Å². The Kier molecular flexibility index (Phi) is 13.0. The van der Waals surface area contributed by atoms with Crippen molar-refractivity contribution in [3.8, 4) is 5.75 Å². The number of thiazole rings is 1. The predicted octanol–water partition coefficient (Wildman–Crippen LogP) is 4.56. The zero-order valence-electron chi connectivity index (χ0n) is 26.9. The van der Waals surface area contributed by atoms with Crippen LogP contribution in [0.1, 0.15) is 75.0 Å². The van der Waals surface area contributed by atoms with Crippen LogP contribution in [0.3, 0.4) is 0 Å². The number of nitrogens with zero attached hydrogens (tertiary/aromatic N) is 2. The number of benzene rings is 2. The van der Waals surface area contributed by atoms with Crippen molar-refractivity contribution in [3.05, 3.63) is 63.3 Å². The molecule has 46 heavy (non-hydrogen) atoms. The maximum Gasteiger partial charge on any atom is 0.305 e. The number of phenols is 1. The molecule has 2 fully saturated rings. The summed E-state index contributed by atoms with van der Waals surface area (Å²) in [4.78, 5) is 31.4. The first-order chi connectivity index (χ1) is 22.4. The van der Waals surface area contributed by atoms with Crippen molar-refractivity contribution in [1.29, 1.82) is 0 Å². The molecule has 3 aromatic rings. The van der Waals surface area contributed by atoms with Crippen molar-refractivity contribution in [2.24, 2.45) is 0 Å². The summed E-state index contributed by atoms with van der Waals surface area (Å²) in [7, 11) is 0. The van der Waals surface area contributed by atoms with Crippen molar-refractivity contribution in [2.45, 2.75) is 76.1 Å². The monoisotopic (exact) mass is 654 g/mol. The van der Waals surface area contributed by atoms with Gasteiger partial charge in [0.2, 0.25) is 5.91 Å². The minimum Gasteiger partial charge on any atom is -0.506 e. The summed E-state index contributed by atoms with van der Waals surface area (Å²) < 4.78 is 12.6. The van der Waals surface area contributed by atoms with Crippen molar-refractivity contribution in [1.82, 2.24) is 20.1 Å². The number of aliphatic hydroxyl groups is 1. The zero-order chi connectivity index (χ0) is 32.2. The molecule has 1 aromatic heterocycles. The molecular formula is C35H50N4O6S. The number of piperidine rings is 1. The summed E-state index contributed by atoms with van der Waals surface area (Å²) >= 11 is 1.01. The number of unbranched alkanes of at least 4 members (excludes halogenated alkanes) is 6. The number of rotatable bonds is 17. The van der Waals surface area contributed by atoms with E-state index in [1.54, 1.807) is 6.07 Å². The average Bonchev–Trinajstić information content (AvgIpc) is 3.47. The third kappa shape index (κ3) is 9.85. The van der Waals surface area contributed by atoms with Crippen LogP contribution < -0.4 is 10.2 Å². The molecule has 2 aromatic carbocycles. The maximum atomic E-state index is 12.8. The van der Waals surface area contributed by atoms with Gasteiger partial charge < -0.3 is 39.8 Å². The molecule has 3 heterocycles. The van der Waals surface area contributed by atoms with Crippen LogP contribution in [0, 0.1) is 0 Å². The number of carbonyl (C=O) groups is 1. The number of aromatic nitrogens is 1. The van der Waals surface area contributed by atoms with Gasteiger partial charge in [0, 0.05) is 38.3 Å². The van der Waals surface area contributed by atoms with Gasteiger partial charge in [0.15, 0.2) is 0 Å². The number of aliphatic hydroxyl groups excluding tert-OH is 1. The van der Waals surface area contributed by atoms with Crippen LogP contribution in [0.15, 0.2) is 47.3 Å². The molecule has 252 valence electrons. The highest BCUT2D eigenvalue weighted by molar-refractivity contribution is 7.16. The molecule has 1 atom stereocenters. The van der Waals surface area contributed by atoms with E-state index in [1.807, 2.05) is 35.2 Å². The number of phenolic OH excluding ortho intramolecular Hbond substituents is 1. The summed E-state index contributed by atoms with van der Waals surface area (Å²) in [6.07, 6.45) is 9.63. The number of hydrogen-bond donors (Lipinski definition) is 4. The van der Waals surface area contributed by atoms with Gasteiger partial charge in [-0.25, -0.2) is 0 Å². The second kappa shape index (κ2) is 17.4. The summed E-state index contributed by atoms with van der Waals surface area (Å²) in [5, 5.41) is 23.9. The van der Waals surface area contributed by atoms with Gasteiger partial charge in [0.25, 0.3) is 0 Å². The van der Waals surface area contributed by atoms with E-state index < -0.39 is 6.10 Å². The van der Waals surface area contributed by atoms with E-state index in [0.717, 1.165) is 62.3 Å². The lowest BCUT2D eigenvalue weighted by Crippen LogP contribution is -2.58. The van der Waals surface area contributed by atoms with Crippen molar-refractivity contribution in [3.63, 3.8) is 0 Å². The molecule has 1 spiro atoms. The molecule has 0 saturated carbocycles. The molecule has 1 amide bonds. The highest BCUT2D eigenvalue weighted by atomic mass is 32.1. The highest BCUT2D eigenvalue weighted by Crippen LogP contribution is 2.32. The SMILES string of the molecule is O=C(COCc1ccccc1)N1CCOC2(CCN(CCCCCCCCCNCC(O)c3ccc(O)c4[nH]c(=O)sc34)CC2)C1. The van der Waals surface area contributed by atoms with Crippen LogP contribution in [0.4, 0.5) is 0 Å². The third-order valence-corrected chi connectivity index (χ3v) is 10.2. The number of carbonyl (C=O) groups excluding carboxylic acids is 1. The van der Waals surface area contributed by atoms with Crippen LogP contribution in [0.2, 0.25) is 0 Å². The van der Waals surface area contributed by atoms with Gasteiger partial charge in [-0.1, -0.05) is 79.8 Å². The topological polar surface area (TPSA) is 127 Å². The number of amides is 1. The van der Waals surface area contributed by atoms with Crippen LogP contribution in [0.5, 0.6) is 5.75 Å². The lowest BCUT2D eigenvalue weighted by Gasteiger charge is -2.47. The Hall–Kier alpha value is -2.80. The number of nitrogens with one attached hydrogen (secondary N) is 2. The summed E-state index contributed by atoms with van der Waals surface area (Å²) in [6.45, 7) is 6.92. The molecule has 10 nitrogen and oxygen atoms in total. The van der Waals surface area contributed by atoms with Crippen LogP contribution in [0.25, 0.3) is 10.2 Å². The zero-order valence-corrected chi connectivity index (χ0v) is 27.7. The molecule has 0 aliphatic carbocycles. The molecule has 4 N–H and O–H groups in total. The number of fused-ring (bicyclic) bond motifs is 1. The first kappa shape index (κ1) is 34.5. The Morgan fingerprint density at radius 1 is 1.02 bits per heavy atom. The lowest BCUT2D eigenvalue weighted by atomic mass is 9.89. The molecule has 0 radical (unpaired) electrons. The minimum atomic E-state index is -0.732. The van der Waals surface area contributed by atoms with Gasteiger partial charge in [-0.15, -0.1) is 0 Å². The Morgan fingerprint density at radius 2 is 1.76 bits per heavy atom. The Balaban J connectivity index is 0.866. The smallest absolute Gasteiger partial charge is 0.305 e. The number of ether oxygens (including phenoxy) is 2. The van der Waals surface area contributed by atoms with Gasteiger partial charge in [0.1, 0.15) is 17.9 Å². The first-order valence-electron chi connectivity index (χ1n) is 16.9. The normalized spacial score (nSPS) is 17.5. The Bertz CT molecular complexity index is 1420. The van der Waals surface area contributed by atoms with Crippen molar-refractivity contribution < 1.29 is 24.5 Å². The van der Waals surface area contributed by atoms with E-state index >= 15 is 0 Å². The van der Waals surface area contributed by atoms with Crippen molar-refractivity contribution >= 4 is 27.5 Å². The standard InChI is InChI=1S/C35H50N4O6S/c40-29-14-13-28(33-32(29)37-34(43)46-33)30(41)23-36-17-9-4-2-1-3-5-10-18-38-19-15-35(16-20-38)26-39(21-22-45-35)31(42)25-44-24-27-11-7-6-8-12-27/h6-8,11-14,30,36,40-41H,1-5,9-10,15-26H2,(H,37,43). The second-order valence-corrected chi connectivity index (χ2v) is 13.7. The summed E-state index contributed by atoms with van der Waals surface area (Å²) in [6, 6.07) is 13.2. The molecule has 11 heteroatoms. The van der Waals surface area contributed by atoms with Gasteiger partial charge in [-0.2, -0.15) is 0 Å². The Morgan fingerprint density at radius 3 is 2.54 bits per heavy atom. The number of likely N-dealkylation sites (tertiary alicyclic amines) is 1. The molecule has 2 aliphatic heterocycles. The molecule has 2 saturated heterocycles. The van der Waals surface area contributed by atoms with Crippen LogP contribution in [-0.4, -0.2) is 95.5 Å². The van der Waals surface area contributed by atoms with E-state index in [4.69, 9.17) is 9.47 Å². The quantitative estimate of drug-likeness (QED) is 0.156. The number of aromatic hydroxyl groups is 1. The summed E-state index contributed by atoms with van der Waals surface area (Å²) in [5.74, 6) is 0.0803. The number of aromatic amines is 1. The Labute approximate surface area is 275 Å². The fraction of sp³-hybridized carbons (Fsp3) is 0.600. The maximum absolute atomic E-state index is 12.8. The van der Waals surface area contributed by atoms with E-state index in [9.17, 15) is 19.8 Å². The highest BCUT2D eigenvalue weighted by Gasteiger charge is 2.40. The fourth-order valence-corrected chi connectivity index (χ4v) is 7.50. The number of H-pyrrole nitrogens is 1. The lowest BCUT2D eigenvalue weighted by molar-refractivity contribution is -0.163. The van der Waals surface area contributed by atoms with E-state index in [-0.39, 0.29) is 28.7 Å². The number of hydrogen-bond acceptors (Lipinski definition) is 9. The average molecular weight is 655 g/mol. The predicted molar refractivity (Wildman–Crippen MR) is 181 cm³/mol.